The lowest BCUT2D eigenvalue weighted by Gasteiger charge is -2.01. The molecule has 3 nitrogen and oxygen atoms in total. The van der Waals surface area contributed by atoms with E-state index < -0.39 is 11.6 Å². The van der Waals surface area contributed by atoms with Crippen molar-refractivity contribution in [2.24, 2.45) is 0 Å². The summed E-state index contributed by atoms with van der Waals surface area (Å²) in [6, 6.07) is 5.85. The van der Waals surface area contributed by atoms with E-state index in [1.807, 2.05) is 0 Å². The van der Waals surface area contributed by atoms with Crippen molar-refractivity contribution >= 4 is 0 Å². The van der Waals surface area contributed by atoms with Gasteiger partial charge in [-0.2, -0.15) is 10.5 Å². The van der Waals surface area contributed by atoms with Crippen LogP contribution in [-0.4, -0.2) is 5.11 Å². The lowest BCUT2D eigenvalue weighted by molar-refractivity contribution is 0.429. The summed E-state index contributed by atoms with van der Waals surface area (Å²) in [4.78, 5) is 0. The van der Waals surface area contributed by atoms with E-state index in [-0.39, 0.29) is 17.5 Å². The molecule has 64 valence electrons. The first-order valence-electron chi connectivity index (χ1n) is 3.48. The van der Waals surface area contributed by atoms with E-state index >= 15 is 0 Å². The Bertz CT molecular complexity index is 415. The SMILES string of the molecule is N#CCc1c(C#N)ccc(O)c1F. The Labute approximate surface area is 74.3 Å². The minimum Gasteiger partial charge on any atom is -0.505 e. The minimum atomic E-state index is -0.888. The average Bonchev–Trinajstić information content (AvgIpc) is 2.14. The molecule has 0 heterocycles. The number of phenolic OH excluding ortho intramolecular Hbond substituents is 1. The van der Waals surface area contributed by atoms with Crippen LogP contribution in [0, 0.1) is 28.5 Å². The molecule has 1 rings (SSSR count). The Kier molecular flexibility index (Phi) is 2.47. The van der Waals surface area contributed by atoms with Crippen LogP contribution in [0.2, 0.25) is 0 Å². The van der Waals surface area contributed by atoms with Crippen LogP contribution in [0.15, 0.2) is 12.1 Å². The van der Waals surface area contributed by atoms with Gasteiger partial charge < -0.3 is 5.11 Å². The van der Waals surface area contributed by atoms with Gasteiger partial charge in [-0.15, -0.1) is 0 Å². The number of benzene rings is 1. The molecular weight excluding hydrogens is 171 g/mol. The number of halogens is 1. The van der Waals surface area contributed by atoms with Crippen molar-refractivity contribution in [3.63, 3.8) is 0 Å². The fourth-order valence-electron chi connectivity index (χ4n) is 0.965. The van der Waals surface area contributed by atoms with Gasteiger partial charge in [-0.1, -0.05) is 0 Å². The smallest absolute Gasteiger partial charge is 0.170 e. The van der Waals surface area contributed by atoms with Gasteiger partial charge in [-0.25, -0.2) is 4.39 Å². The molecule has 1 aromatic carbocycles. The summed E-state index contributed by atoms with van der Waals surface area (Å²) in [5, 5.41) is 25.9. The Balaban J connectivity index is 3.36. The number of nitriles is 2. The lowest BCUT2D eigenvalue weighted by Crippen LogP contribution is -1.94. The molecule has 0 atom stereocenters. The predicted octanol–water partition coefficient (Wildman–Crippen LogP) is 1.47. The molecule has 0 aliphatic rings. The van der Waals surface area contributed by atoms with Gasteiger partial charge in [0.15, 0.2) is 11.6 Å². The summed E-state index contributed by atoms with van der Waals surface area (Å²) < 4.78 is 13.1. The second-order valence-electron chi connectivity index (χ2n) is 2.37. The van der Waals surface area contributed by atoms with Gasteiger partial charge in [0, 0.05) is 5.56 Å². The molecule has 0 spiro atoms. The van der Waals surface area contributed by atoms with Crippen LogP contribution < -0.4 is 0 Å². The topological polar surface area (TPSA) is 67.8 Å². The first-order chi connectivity index (χ1) is 6.20. The van der Waals surface area contributed by atoms with Crippen LogP contribution in [0.5, 0.6) is 5.75 Å². The molecule has 0 aliphatic heterocycles. The predicted molar refractivity (Wildman–Crippen MR) is 42.1 cm³/mol. The first-order valence-corrected chi connectivity index (χ1v) is 3.48. The fourth-order valence-corrected chi connectivity index (χ4v) is 0.965. The molecule has 0 radical (unpaired) electrons. The Morgan fingerprint density at radius 2 is 2.08 bits per heavy atom. The third-order valence-electron chi connectivity index (χ3n) is 1.60. The molecule has 1 N–H and O–H groups in total. The van der Waals surface area contributed by atoms with Gasteiger partial charge in [-0.3, -0.25) is 0 Å². The molecule has 0 bridgehead atoms. The molecule has 0 saturated heterocycles. The maximum atomic E-state index is 13.1. The summed E-state index contributed by atoms with van der Waals surface area (Å²) in [6.45, 7) is 0. The van der Waals surface area contributed by atoms with Crippen molar-refractivity contribution in [2.45, 2.75) is 6.42 Å². The van der Waals surface area contributed by atoms with Gasteiger partial charge in [0.1, 0.15) is 0 Å². The summed E-state index contributed by atoms with van der Waals surface area (Å²) in [6.07, 6.45) is -0.219. The zero-order valence-electron chi connectivity index (χ0n) is 6.58. The van der Waals surface area contributed by atoms with Crippen LogP contribution in [0.1, 0.15) is 11.1 Å². The standard InChI is InChI=1S/C9H5FN2O/c10-9-7(3-4-11)6(5-12)1-2-8(9)13/h1-2,13H,3H2. The molecule has 0 aromatic heterocycles. The quantitative estimate of drug-likeness (QED) is 0.704. The average molecular weight is 176 g/mol. The highest BCUT2D eigenvalue weighted by Crippen LogP contribution is 2.22. The van der Waals surface area contributed by atoms with E-state index in [0.29, 0.717) is 0 Å². The number of hydrogen-bond donors (Lipinski definition) is 1. The Morgan fingerprint density at radius 3 is 2.62 bits per heavy atom. The number of hydrogen-bond acceptors (Lipinski definition) is 3. The van der Waals surface area contributed by atoms with Crippen molar-refractivity contribution in [1.29, 1.82) is 10.5 Å². The van der Waals surface area contributed by atoms with Crippen LogP contribution in [0.3, 0.4) is 0 Å². The monoisotopic (exact) mass is 176 g/mol. The largest absolute Gasteiger partial charge is 0.505 e. The maximum Gasteiger partial charge on any atom is 0.170 e. The van der Waals surface area contributed by atoms with E-state index in [2.05, 4.69) is 0 Å². The number of rotatable bonds is 1. The van der Waals surface area contributed by atoms with Gasteiger partial charge in [0.2, 0.25) is 0 Å². The fraction of sp³-hybridized carbons (Fsp3) is 0.111. The zero-order valence-corrected chi connectivity index (χ0v) is 6.58. The third-order valence-corrected chi connectivity index (χ3v) is 1.60. The lowest BCUT2D eigenvalue weighted by atomic mass is 10.0. The maximum absolute atomic E-state index is 13.1. The Morgan fingerprint density at radius 1 is 1.38 bits per heavy atom. The van der Waals surface area contributed by atoms with Gasteiger partial charge in [0.05, 0.1) is 24.1 Å². The second kappa shape index (κ2) is 3.55. The van der Waals surface area contributed by atoms with Crippen LogP contribution >= 0.6 is 0 Å². The molecule has 0 fully saturated rings. The van der Waals surface area contributed by atoms with E-state index in [1.165, 1.54) is 6.07 Å². The van der Waals surface area contributed by atoms with Crippen molar-refractivity contribution in [3.8, 4) is 17.9 Å². The molecule has 4 heteroatoms. The molecule has 0 aliphatic carbocycles. The first kappa shape index (κ1) is 9.02. The molecule has 1 aromatic rings. The van der Waals surface area contributed by atoms with Crippen molar-refractivity contribution < 1.29 is 9.50 Å². The summed E-state index contributed by atoms with van der Waals surface area (Å²) in [5.41, 5.74) is 0.0295. The molecular formula is C9H5FN2O. The van der Waals surface area contributed by atoms with Crippen molar-refractivity contribution in [3.05, 3.63) is 29.1 Å². The normalized spacial score (nSPS) is 8.85. The van der Waals surface area contributed by atoms with Gasteiger partial charge in [0.25, 0.3) is 0 Å². The third kappa shape index (κ3) is 1.57. The number of aromatic hydroxyl groups is 1. The molecule has 0 saturated carbocycles. The summed E-state index contributed by atoms with van der Waals surface area (Å²) in [7, 11) is 0. The van der Waals surface area contributed by atoms with Crippen LogP contribution in [-0.2, 0) is 6.42 Å². The molecule has 0 amide bonds. The van der Waals surface area contributed by atoms with Crippen LogP contribution in [0.4, 0.5) is 4.39 Å². The zero-order chi connectivity index (χ0) is 9.84. The highest BCUT2D eigenvalue weighted by molar-refractivity contribution is 5.44. The highest BCUT2D eigenvalue weighted by Gasteiger charge is 2.11. The van der Waals surface area contributed by atoms with E-state index in [9.17, 15) is 4.39 Å². The summed E-state index contributed by atoms with van der Waals surface area (Å²) in [5.74, 6) is -1.43. The minimum absolute atomic E-state index is 0.0509. The Hall–Kier alpha value is -2.07. The number of phenols is 1. The van der Waals surface area contributed by atoms with Crippen LogP contribution in [0.25, 0.3) is 0 Å². The van der Waals surface area contributed by atoms with Gasteiger partial charge in [-0.05, 0) is 12.1 Å². The van der Waals surface area contributed by atoms with E-state index in [1.54, 1.807) is 12.1 Å². The molecule has 0 unspecified atom stereocenters. The van der Waals surface area contributed by atoms with E-state index in [0.717, 1.165) is 6.07 Å². The van der Waals surface area contributed by atoms with Crippen molar-refractivity contribution in [1.82, 2.24) is 0 Å². The number of nitrogens with zero attached hydrogens (tertiary/aromatic N) is 2. The highest BCUT2D eigenvalue weighted by atomic mass is 19.1. The van der Waals surface area contributed by atoms with E-state index in [4.69, 9.17) is 15.6 Å². The second-order valence-corrected chi connectivity index (χ2v) is 2.37. The molecule has 13 heavy (non-hydrogen) atoms. The summed E-state index contributed by atoms with van der Waals surface area (Å²) >= 11 is 0. The van der Waals surface area contributed by atoms with Gasteiger partial charge >= 0.3 is 0 Å². The van der Waals surface area contributed by atoms with Crippen molar-refractivity contribution in [2.75, 3.05) is 0 Å².